The molecule has 0 amide bonds. The highest BCUT2D eigenvalue weighted by molar-refractivity contribution is 5.97. The Bertz CT molecular complexity index is 1660. The van der Waals surface area contributed by atoms with Gasteiger partial charge in [0.05, 0.1) is 0 Å². The quantitative estimate of drug-likeness (QED) is 0.239. The lowest BCUT2D eigenvalue weighted by Crippen LogP contribution is -1.89. The molecule has 174 valence electrons. The molecule has 0 bridgehead atoms. The Labute approximate surface area is 213 Å². The molecule has 0 saturated carbocycles. The summed E-state index contributed by atoms with van der Waals surface area (Å²) >= 11 is 0. The Hall–Kier alpha value is -4.16. The highest BCUT2D eigenvalue weighted by Crippen LogP contribution is 2.33. The van der Waals surface area contributed by atoms with Crippen molar-refractivity contribution in [3.8, 4) is 33.4 Å². The zero-order chi connectivity index (χ0) is 24.5. The van der Waals surface area contributed by atoms with Gasteiger partial charge in [-0.1, -0.05) is 123 Å². The van der Waals surface area contributed by atoms with E-state index in [9.17, 15) is 0 Å². The predicted octanol–water partition coefficient (Wildman–Crippen LogP) is 10.1. The minimum Gasteiger partial charge on any atom is -0.0616 e. The molecule has 6 aromatic carbocycles. The molecule has 6 rings (SSSR count). The molecule has 0 aliphatic heterocycles. The first-order chi connectivity index (χ1) is 17.7. The zero-order valence-electron chi connectivity index (χ0n) is 21.0. The second-order valence-electron chi connectivity index (χ2n) is 9.63. The smallest absolute Gasteiger partial charge is 0.0105 e. The molecule has 0 aromatic heterocycles. The van der Waals surface area contributed by atoms with Crippen LogP contribution in [-0.4, -0.2) is 0 Å². The average Bonchev–Trinajstić information content (AvgIpc) is 2.96. The van der Waals surface area contributed by atoms with Crippen molar-refractivity contribution in [2.24, 2.45) is 0 Å². The SMILES string of the molecule is CCc1cc(CC)cc(-c2ccc3cc(-c4ccc(-c5cccc6ccccc56)cc4)ccc3c2)c1. The molecular formula is C36H30. The van der Waals surface area contributed by atoms with Gasteiger partial charge in [-0.3, -0.25) is 0 Å². The fourth-order valence-corrected chi connectivity index (χ4v) is 5.26. The van der Waals surface area contributed by atoms with E-state index < -0.39 is 0 Å². The van der Waals surface area contributed by atoms with Crippen LogP contribution < -0.4 is 0 Å². The number of rotatable bonds is 5. The van der Waals surface area contributed by atoms with Gasteiger partial charge in [0.25, 0.3) is 0 Å². The predicted molar refractivity (Wildman–Crippen MR) is 157 cm³/mol. The lowest BCUT2D eigenvalue weighted by atomic mass is 9.94. The maximum absolute atomic E-state index is 2.34. The summed E-state index contributed by atoms with van der Waals surface area (Å²) in [5.41, 5.74) is 10.5. The van der Waals surface area contributed by atoms with Crippen molar-refractivity contribution in [2.75, 3.05) is 0 Å². The van der Waals surface area contributed by atoms with Crippen LogP contribution in [0.2, 0.25) is 0 Å². The van der Waals surface area contributed by atoms with Gasteiger partial charge in [-0.2, -0.15) is 0 Å². The molecule has 0 unspecified atom stereocenters. The first-order valence-electron chi connectivity index (χ1n) is 13.0. The van der Waals surface area contributed by atoms with Crippen molar-refractivity contribution in [1.82, 2.24) is 0 Å². The monoisotopic (exact) mass is 462 g/mol. The van der Waals surface area contributed by atoms with Crippen molar-refractivity contribution in [2.45, 2.75) is 26.7 Å². The maximum atomic E-state index is 2.34. The highest BCUT2D eigenvalue weighted by Gasteiger charge is 2.07. The minimum absolute atomic E-state index is 1.07. The Balaban J connectivity index is 1.33. The summed E-state index contributed by atoms with van der Waals surface area (Å²) in [6, 6.07) is 44.8. The van der Waals surface area contributed by atoms with E-state index in [1.54, 1.807) is 0 Å². The van der Waals surface area contributed by atoms with Gasteiger partial charge in [-0.15, -0.1) is 0 Å². The Kier molecular flexibility index (Phi) is 5.87. The molecule has 0 aliphatic carbocycles. The zero-order valence-corrected chi connectivity index (χ0v) is 21.0. The van der Waals surface area contributed by atoms with E-state index in [1.807, 2.05) is 0 Å². The third kappa shape index (κ3) is 4.20. The topological polar surface area (TPSA) is 0 Å². The third-order valence-electron chi connectivity index (χ3n) is 7.36. The average molecular weight is 463 g/mol. The summed E-state index contributed by atoms with van der Waals surface area (Å²) in [4.78, 5) is 0. The number of fused-ring (bicyclic) bond motifs is 2. The largest absolute Gasteiger partial charge is 0.0616 e. The van der Waals surface area contributed by atoms with Crippen LogP contribution in [0.15, 0.2) is 121 Å². The number of aryl methyl sites for hydroxylation is 2. The summed E-state index contributed by atoms with van der Waals surface area (Å²) < 4.78 is 0. The Morgan fingerprint density at radius 1 is 0.389 bits per heavy atom. The molecule has 0 heteroatoms. The molecule has 0 saturated heterocycles. The van der Waals surface area contributed by atoms with E-state index in [1.165, 1.54) is 66.1 Å². The second-order valence-corrected chi connectivity index (χ2v) is 9.63. The maximum Gasteiger partial charge on any atom is -0.0105 e. The molecule has 0 nitrogen and oxygen atoms in total. The summed E-state index contributed by atoms with van der Waals surface area (Å²) in [5.74, 6) is 0. The van der Waals surface area contributed by atoms with Gasteiger partial charge < -0.3 is 0 Å². The molecule has 6 aromatic rings. The molecule has 0 radical (unpaired) electrons. The van der Waals surface area contributed by atoms with Crippen molar-refractivity contribution in [3.63, 3.8) is 0 Å². The Morgan fingerprint density at radius 3 is 1.61 bits per heavy atom. The van der Waals surface area contributed by atoms with Crippen LogP contribution in [0.3, 0.4) is 0 Å². The van der Waals surface area contributed by atoms with Crippen LogP contribution >= 0.6 is 0 Å². The molecule has 0 N–H and O–H groups in total. The number of hydrogen-bond donors (Lipinski definition) is 0. The van der Waals surface area contributed by atoms with E-state index in [2.05, 4.69) is 135 Å². The van der Waals surface area contributed by atoms with Crippen LogP contribution in [-0.2, 0) is 12.8 Å². The van der Waals surface area contributed by atoms with Gasteiger partial charge in [0.2, 0.25) is 0 Å². The minimum atomic E-state index is 1.07. The lowest BCUT2D eigenvalue weighted by molar-refractivity contribution is 1.09. The third-order valence-corrected chi connectivity index (χ3v) is 7.36. The van der Waals surface area contributed by atoms with Gasteiger partial charge in [0.1, 0.15) is 0 Å². The highest BCUT2D eigenvalue weighted by atomic mass is 14.1. The van der Waals surface area contributed by atoms with Crippen molar-refractivity contribution >= 4 is 21.5 Å². The molecule has 0 heterocycles. The van der Waals surface area contributed by atoms with Crippen LogP contribution in [0.4, 0.5) is 0 Å². The van der Waals surface area contributed by atoms with Crippen molar-refractivity contribution in [1.29, 1.82) is 0 Å². The van der Waals surface area contributed by atoms with Gasteiger partial charge in [0, 0.05) is 0 Å². The van der Waals surface area contributed by atoms with E-state index >= 15 is 0 Å². The Morgan fingerprint density at radius 2 is 0.944 bits per heavy atom. The van der Waals surface area contributed by atoms with Gasteiger partial charge >= 0.3 is 0 Å². The molecule has 0 aliphatic rings. The lowest BCUT2D eigenvalue weighted by Gasteiger charge is -2.11. The summed E-state index contributed by atoms with van der Waals surface area (Å²) in [6.45, 7) is 4.46. The second kappa shape index (κ2) is 9.47. The van der Waals surface area contributed by atoms with Crippen LogP contribution in [0.5, 0.6) is 0 Å². The number of hydrogen-bond acceptors (Lipinski definition) is 0. The van der Waals surface area contributed by atoms with Gasteiger partial charge in [0.15, 0.2) is 0 Å². The van der Waals surface area contributed by atoms with E-state index in [-0.39, 0.29) is 0 Å². The first kappa shape index (κ1) is 22.3. The normalized spacial score (nSPS) is 11.3. The fourth-order valence-electron chi connectivity index (χ4n) is 5.26. The van der Waals surface area contributed by atoms with Crippen LogP contribution in [0, 0.1) is 0 Å². The molecule has 0 fully saturated rings. The number of benzene rings is 6. The fraction of sp³-hybridized carbons (Fsp3) is 0.111. The standard InChI is InChI=1S/C36H30/c1-3-25-20-26(4-2)22-34(21-25)33-19-18-31-23-30(16-17-32(31)24-33)27-12-14-29(15-13-27)36-11-7-9-28-8-5-6-10-35(28)36/h5-24H,3-4H2,1-2H3. The summed E-state index contributed by atoms with van der Waals surface area (Å²) in [7, 11) is 0. The molecule has 36 heavy (non-hydrogen) atoms. The van der Waals surface area contributed by atoms with Gasteiger partial charge in [-0.25, -0.2) is 0 Å². The van der Waals surface area contributed by atoms with Gasteiger partial charge in [-0.05, 0) is 91.0 Å². The van der Waals surface area contributed by atoms with Crippen molar-refractivity contribution < 1.29 is 0 Å². The molecule has 0 spiro atoms. The van der Waals surface area contributed by atoms with Crippen LogP contribution in [0.1, 0.15) is 25.0 Å². The molecule has 0 atom stereocenters. The summed E-state index contributed by atoms with van der Waals surface area (Å²) in [5, 5.41) is 5.13. The van der Waals surface area contributed by atoms with E-state index in [0.717, 1.165) is 12.8 Å². The molecular weight excluding hydrogens is 432 g/mol. The van der Waals surface area contributed by atoms with Crippen molar-refractivity contribution in [3.05, 3.63) is 132 Å². The van der Waals surface area contributed by atoms with E-state index in [0.29, 0.717) is 0 Å². The van der Waals surface area contributed by atoms with Crippen LogP contribution in [0.25, 0.3) is 54.9 Å². The summed E-state index contributed by atoms with van der Waals surface area (Å²) in [6.07, 6.45) is 2.13. The van der Waals surface area contributed by atoms with E-state index in [4.69, 9.17) is 0 Å². The first-order valence-corrected chi connectivity index (χ1v) is 13.0.